The molecule has 0 aliphatic heterocycles. The first-order valence-corrected chi connectivity index (χ1v) is 6.95. The smallest absolute Gasteiger partial charge is 0.221 e. The Labute approximate surface area is 125 Å². The molecule has 0 aromatic heterocycles. The number of aliphatic hydroxyl groups excluding tert-OH is 1. The molecule has 2 rings (SSSR count). The van der Waals surface area contributed by atoms with Crippen molar-refractivity contribution in [3.05, 3.63) is 53.6 Å². The zero-order chi connectivity index (χ0) is 15.4. The van der Waals surface area contributed by atoms with Gasteiger partial charge in [0.2, 0.25) is 5.91 Å². The number of anilines is 1. The Balaban J connectivity index is 2.20. The number of hydrogen-bond acceptors (Lipinski definition) is 3. The molecule has 0 saturated heterocycles. The summed E-state index contributed by atoms with van der Waals surface area (Å²) in [6.07, 6.45) is 0. The highest BCUT2D eigenvalue weighted by molar-refractivity contribution is 7.99. The standard InChI is InChI=1S/C15H13F2NO2S/c1-9(20)18-11-2-4-12(5-3-11)21-15-13(16)6-10(8-19)7-14(15)17/h2-7,19H,8H2,1H3,(H,18,20). The molecule has 0 atom stereocenters. The van der Waals surface area contributed by atoms with Crippen LogP contribution in [0, 0.1) is 11.6 Å². The maximum atomic E-state index is 13.8. The third-order valence-corrected chi connectivity index (χ3v) is 3.74. The molecule has 0 heterocycles. The Morgan fingerprint density at radius 1 is 1.19 bits per heavy atom. The van der Waals surface area contributed by atoms with E-state index in [-0.39, 0.29) is 16.4 Å². The van der Waals surface area contributed by atoms with Gasteiger partial charge in [-0.25, -0.2) is 8.78 Å². The highest BCUT2D eigenvalue weighted by Gasteiger charge is 2.12. The summed E-state index contributed by atoms with van der Waals surface area (Å²) < 4.78 is 27.6. The van der Waals surface area contributed by atoms with Crippen LogP contribution in [-0.2, 0) is 11.4 Å². The maximum Gasteiger partial charge on any atom is 0.221 e. The van der Waals surface area contributed by atoms with Gasteiger partial charge in [-0.1, -0.05) is 11.8 Å². The minimum absolute atomic E-state index is 0.125. The van der Waals surface area contributed by atoms with E-state index in [4.69, 9.17) is 5.11 Å². The van der Waals surface area contributed by atoms with Crippen molar-refractivity contribution in [3.63, 3.8) is 0 Å². The molecule has 0 fully saturated rings. The van der Waals surface area contributed by atoms with Crippen molar-refractivity contribution in [2.75, 3.05) is 5.32 Å². The Kier molecular flexibility index (Phi) is 4.93. The average molecular weight is 309 g/mol. The molecule has 0 spiro atoms. The van der Waals surface area contributed by atoms with Crippen LogP contribution in [0.15, 0.2) is 46.2 Å². The molecule has 0 radical (unpaired) electrons. The monoisotopic (exact) mass is 309 g/mol. The molecule has 0 unspecified atom stereocenters. The van der Waals surface area contributed by atoms with Gasteiger partial charge in [-0.2, -0.15) is 0 Å². The molecule has 1 amide bonds. The quantitative estimate of drug-likeness (QED) is 0.908. The highest BCUT2D eigenvalue weighted by atomic mass is 32.2. The Hall–Kier alpha value is -1.92. The van der Waals surface area contributed by atoms with Gasteiger partial charge in [0.05, 0.1) is 11.5 Å². The van der Waals surface area contributed by atoms with E-state index in [1.165, 1.54) is 6.92 Å². The van der Waals surface area contributed by atoms with Crippen molar-refractivity contribution < 1.29 is 18.7 Å². The fourth-order valence-electron chi connectivity index (χ4n) is 1.73. The Bertz CT molecular complexity index is 636. The molecule has 0 aliphatic carbocycles. The lowest BCUT2D eigenvalue weighted by molar-refractivity contribution is -0.114. The second kappa shape index (κ2) is 6.69. The number of nitrogens with one attached hydrogen (secondary N) is 1. The second-order valence-electron chi connectivity index (χ2n) is 4.35. The molecule has 0 aliphatic rings. The first kappa shape index (κ1) is 15.5. The van der Waals surface area contributed by atoms with Gasteiger partial charge in [0, 0.05) is 17.5 Å². The molecular weight excluding hydrogens is 296 g/mol. The number of carbonyl (C=O) groups excluding carboxylic acids is 1. The molecular formula is C15H13F2NO2S. The molecule has 110 valence electrons. The van der Waals surface area contributed by atoms with Gasteiger partial charge >= 0.3 is 0 Å². The fourth-order valence-corrected chi connectivity index (χ4v) is 2.55. The van der Waals surface area contributed by atoms with Crippen LogP contribution < -0.4 is 5.32 Å². The van der Waals surface area contributed by atoms with Crippen LogP contribution in [0.2, 0.25) is 0 Å². The van der Waals surface area contributed by atoms with Gasteiger partial charge in [-0.05, 0) is 42.0 Å². The molecule has 2 aromatic rings. The van der Waals surface area contributed by atoms with Crippen LogP contribution in [0.5, 0.6) is 0 Å². The lowest BCUT2D eigenvalue weighted by atomic mass is 10.2. The number of halogens is 2. The predicted octanol–water partition coefficient (Wildman–Crippen LogP) is 3.57. The first-order chi connectivity index (χ1) is 9.99. The van der Waals surface area contributed by atoms with Crippen LogP contribution in [0.1, 0.15) is 12.5 Å². The van der Waals surface area contributed by atoms with Crippen molar-refractivity contribution in [2.45, 2.75) is 23.3 Å². The van der Waals surface area contributed by atoms with Gasteiger partial charge in [-0.15, -0.1) is 0 Å². The molecule has 2 N–H and O–H groups in total. The van der Waals surface area contributed by atoms with E-state index in [9.17, 15) is 13.6 Å². The summed E-state index contributed by atoms with van der Waals surface area (Å²) in [6, 6.07) is 8.85. The second-order valence-corrected chi connectivity index (χ2v) is 5.44. The topological polar surface area (TPSA) is 49.3 Å². The highest BCUT2D eigenvalue weighted by Crippen LogP contribution is 2.33. The Morgan fingerprint density at radius 3 is 2.24 bits per heavy atom. The van der Waals surface area contributed by atoms with Crippen LogP contribution >= 0.6 is 11.8 Å². The van der Waals surface area contributed by atoms with Gasteiger partial charge in [-0.3, -0.25) is 4.79 Å². The lowest BCUT2D eigenvalue weighted by Gasteiger charge is -2.08. The summed E-state index contributed by atoms with van der Waals surface area (Å²) in [5, 5.41) is 11.5. The van der Waals surface area contributed by atoms with Crippen molar-refractivity contribution in [2.24, 2.45) is 0 Å². The van der Waals surface area contributed by atoms with Crippen LogP contribution in [0.25, 0.3) is 0 Å². The normalized spacial score (nSPS) is 10.5. The molecule has 3 nitrogen and oxygen atoms in total. The third kappa shape index (κ3) is 4.03. The molecule has 21 heavy (non-hydrogen) atoms. The summed E-state index contributed by atoms with van der Waals surface area (Å²) in [7, 11) is 0. The summed E-state index contributed by atoms with van der Waals surface area (Å²) >= 11 is 0.943. The van der Waals surface area contributed by atoms with Crippen molar-refractivity contribution in [1.82, 2.24) is 0 Å². The van der Waals surface area contributed by atoms with E-state index in [0.29, 0.717) is 10.6 Å². The van der Waals surface area contributed by atoms with Crippen LogP contribution in [-0.4, -0.2) is 11.0 Å². The van der Waals surface area contributed by atoms with E-state index in [1.54, 1.807) is 24.3 Å². The molecule has 0 bridgehead atoms. The average Bonchev–Trinajstić information content (AvgIpc) is 2.43. The van der Waals surface area contributed by atoms with E-state index in [1.807, 2.05) is 0 Å². The van der Waals surface area contributed by atoms with Crippen molar-refractivity contribution in [1.29, 1.82) is 0 Å². The van der Waals surface area contributed by atoms with Gasteiger partial charge in [0.1, 0.15) is 11.6 Å². The number of benzene rings is 2. The van der Waals surface area contributed by atoms with Crippen molar-refractivity contribution >= 4 is 23.4 Å². The van der Waals surface area contributed by atoms with Crippen molar-refractivity contribution in [3.8, 4) is 0 Å². The van der Waals surface area contributed by atoms with E-state index < -0.39 is 18.2 Å². The van der Waals surface area contributed by atoms with Crippen LogP contribution in [0.3, 0.4) is 0 Å². The summed E-state index contributed by atoms with van der Waals surface area (Å²) in [4.78, 5) is 11.4. The minimum Gasteiger partial charge on any atom is -0.392 e. The summed E-state index contributed by atoms with van der Waals surface area (Å²) in [5.74, 6) is -1.61. The third-order valence-electron chi connectivity index (χ3n) is 2.64. The first-order valence-electron chi connectivity index (χ1n) is 6.14. The fraction of sp³-hybridized carbons (Fsp3) is 0.133. The SMILES string of the molecule is CC(=O)Nc1ccc(Sc2c(F)cc(CO)cc2F)cc1. The number of hydrogen-bond donors (Lipinski definition) is 2. The van der Waals surface area contributed by atoms with E-state index in [0.717, 1.165) is 23.9 Å². The summed E-state index contributed by atoms with van der Waals surface area (Å²) in [5.41, 5.74) is 0.804. The molecule has 2 aromatic carbocycles. The number of rotatable bonds is 4. The minimum atomic E-state index is -0.713. The van der Waals surface area contributed by atoms with Crippen LogP contribution in [0.4, 0.5) is 14.5 Å². The molecule has 6 heteroatoms. The summed E-state index contributed by atoms with van der Waals surface area (Å²) in [6.45, 7) is 0.986. The maximum absolute atomic E-state index is 13.8. The zero-order valence-electron chi connectivity index (χ0n) is 11.2. The van der Waals surface area contributed by atoms with Gasteiger partial charge < -0.3 is 10.4 Å². The lowest BCUT2D eigenvalue weighted by Crippen LogP contribution is -2.05. The van der Waals surface area contributed by atoms with E-state index >= 15 is 0 Å². The number of aliphatic hydroxyl groups is 1. The van der Waals surface area contributed by atoms with E-state index in [2.05, 4.69) is 5.32 Å². The number of amides is 1. The van der Waals surface area contributed by atoms with Gasteiger partial charge in [0.25, 0.3) is 0 Å². The predicted molar refractivity (Wildman–Crippen MR) is 77.1 cm³/mol. The zero-order valence-corrected chi connectivity index (χ0v) is 12.0. The number of carbonyl (C=O) groups is 1. The molecule has 0 saturated carbocycles. The Morgan fingerprint density at radius 2 is 1.76 bits per heavy atom. The largest absolute Gasteiger partial charge is 0.392 e. The van der Waals surface area contributed by atoms with Gasteiger partial charge in [0.15, 0.2) is 0 Å².